The summed E-state index contributed by atoms with van der Waals surface area (Å²) in [6, 6.07) is 12.7. The van der Waals surface area contributed by atoms with Gasteiger partial charge in [-0.15, -0.1) is 0 Å². The maximum absolute atomic E-state index is 10.8. The van der Waals surface area contributed by atoms with Crippen molar-refractivity contribution < 1.29 is 14.6 Å². The Kier molecular flexibility index (Phi) is 4.61. The van der Waals surface area contributed by atoms with E-state index in [9.17, 15) is 4.79 Å². The molecule has 0 bridgehead atoms. The van der Waals surface area contributed by atoms with Crippen LogP contribution in [0.1, 0.15) is 5.56 Å². The van der Waals surface area contributed by atoms with Crippen LogP contribution in [0.15, 0.2) is 51.4 Å². The van der Waals surface area contributed by atoms with Gasteiger partial charge in [0.15, 0.2) is 0 Å². The maximum Gasteiger partial charge on any atom is 0.307 e. The molecule has 2 rings (SSSR count). The van der Waals surface area contributed by atoms with Crippen molar-refractivity contribution in [2.75, 3.05) is 0 Å². The van der Waals surface area contributed by atoms with Gasteiger partial charge in [-0.2, -0.15) is 0 Å². The zero-order valence-electron chi connectivity index (χ0n) is 9.77. The van der Waals surface area contributed by atoms with E-state index in [1.54, 1.807) is 18.2 Å². The third kappa shape index (κ3) is 3.81. The lowest BCUT2D eigenvalue weighted by atomic mass is 10.1. The summed E-state index contributed by atoms with van der Waals surface area (Å²) < 4.78 is 7.50. The smallest absolute Gasteiger partial charge is 0.307 e. The summed E-state index contributed by atoms with van der Waals surface area (Å²) in [4.78, 5) is 10.8. The minimum atomic E-state index is -0.883. The normalized spacial score (nSPS) is 10.2. The molecule has 5 heteroatoms. The summed E-state index contributed by atoms with van der Waals surface area (Å²) in [5.74, 6) is 0.305. The molecule has 2 aromatic carbocycles. The summed E-state index contributed by atoms with van der Waals surface area (Å²) in [5.41, 5.74) is 0.643. The van der Waals surface area contributed by atoms with Gasteiger partial charge in [0.1, 0.15) is 11.5 Å². The molecular weight excluding hydrogens is 376 g/mol. The zero-order chi connectivity index (χ0) is 13.8. The van der Waals surface area contributed by atoms with Crippen LogP contribution in [0, 0.1) is 0 Å². The third-order valence-electron chi connectivity index (χ3n) is 2.43. The van der Waals surface area contributed by atoms with Crippen LogP contribution in [0.5, 0.6) is 11.5 Å². The van der Waals surface area contributed by atoms with Gasteiger partial charge < -0.3 is 9.84 Å². The highest BCUT2D eigenvalue weighted by Gasteiger charge is 2.10. The van der Waals surface area contributed by atoms with Gasteiger partial charge in [0.05, 0.1) is 10.9 Å². The van der Waals surface area contributed by atoms with E-state index in [1.807, 2.05) is 24.3 Å². The first-order valence-corrected chi connectivity index (χ1v) is 7.07. The Morgan fingerprint density at radius 2 is 1.84 bits per heavy atom. The topological polar surface area (TPSA) is 46.5 Å². The van der Waals surface area contributed by atoms with Gasteiger partial charge in [-0.1, -0.05) is 34.1 Å². The van der Waals surface area contributed by atoms with Crippen molar-refractivity contribution in [3.8, 4) is 11.5 Å². The summed E-state index contributed by atoms with van der Waals surface area (Å²) in [6.45, 7) is 0. The summed E-state index contributed by atoms with van der Waals surface area (Å²) >= 11 is 6.77. The van der Waals surface area contributed by atoms with Crippen molar-refractivity contribution >= 4 is 37.8 Å². The van der Waals surface area contributed by atoms with E-state index in [4.69, 9.17) is 9.84 Å². The first kappa shape index (κ1) is 14.1. The van der Waals surface area contributed by atoms with E-state index in [2.05, 4.69) is 31.9 Å². The van der Waals surface area contributed by atoms with Crippen molar-refractivity contribution in [1.29, 1.82) is 0 Å². The second kappa shape index (κ2) is 6.21. The molecule has 1 N–H and O–H groups in total. The predicted molar refractivity (Wildman–Crippen MR) is 79.7 cm³/mol. The van der Waals surface area contributed by atoms with Crippen LogP contribution >= 0.6 is 31.9 Å². The Bertz CT molecular complexity index is 611. The Labute approximate surface area is 127 Å². The molecule has 0 amide bonds. The second-order valence-electron chi connectivity index (χ2n) is 3.86. The molecule has 3 nitrogen and oxygen atoms in total. The molecule has 98 valence electrons. The van der Waals surface area contributed by atoms with Crippen molar-refractivity contribution in [2.45, 2.75) is 6.42 Å². The first-order chi connectivity index (χ1) is 9.06. The van der Waals surface area contributed by atoms with Crippen LogP contribution in [-0.4, -0.2) is 11.1 Å². The fraction of sp³-hybridized carbons (Fsp3) is 0.0714. The van der Waals surface area contributed by atoms with Gasteiger partial charge in [-0.05, 0) is 40.2 Å². The van der Waals surface area contributed by atoms with Crippen molar-refractivity contribution in [2.24, 2.45) is 0 Å². The molecule has 0 fully saturated rings. The highest BCUT2D eigenvalue weighted by molar-refractivity contribution is 9.11. The van der Waals surface area contributed by atoms with Gasteiger partial charge in [0.2, 0.25) is 0 Å². The van der Waals surface area contributed by atoms with Gasteiger partial charge in [0.25, 0.3) is 0 Å². The lowest BCUT2D eigenvalue weighted by Crippen LogP contribution is -2.01. The molecule has 0 aliphatic heterocycles. The molecule has 0 aromatic heterocycles. The number of ether oxygens (including phenoxy) is 1. The Morgan fingerprint density at radius 3 is 2.53 bits per heavy atom. The van der Waals surface area contributed by atoms with Crippen molar-refractivity contribution in [3.63, 3.8) is 0 Å². The Morgan fingerprint density at radius 1 is 1.11 bits per heavy atom. The number of hydrogen-bond acceptors (Lipinski definition) is 2. The molecule has 0 unspecified atom stereocenters. The van der Waals surface area contributed by atoms with Crippen LogP contribution in [-0.2, 0) is 11.2 Å². The number of rotatable bonds is 4. The number of para-hydroxylation sites is 1. The monoisotopic (exact) mass is 384 g/mol. The molecule has 0 radical (unpaired) electrons. The number of hydrogen-bond donors (Lipinski definition) is 1. The Balaban J connectivity index is 2.30. The standard InChI is InChI=1S/C14H10Br2O3/c15-10-5-6-13(11(16)8-10)19-12-4-2-1-3-9(12)7-14(17)18/h1-6,8H,7H2,(H,17,18). The first-order valence-electron chi connectivity index (χ1n) is 5.49. The van der Waals surface area contributed by atoms with Crippen molar-refractivity contribution in [3.05, 3.63) is 57.0 Å². The number of carboxylic acids is 1. The van der Waals surface area contributed by atoms with E-state index in [-0.39, 0.29) is 6.42 Å². The molecule has 0 aliphatic rings. The van der Waals surface area contributed by atoms with Crippen LogP contribution in [0.4, 0.5) is 0 Å². The quantitative estimate of drug-likeness (QED) is 0.834. The summed E-state index contributed by atoms with van der Waals surface area (Å²) in [7, 11) is 0. The molecule has 0 saturated carbocycles. The summed E-state index contributed by atoms with van der Waals surface area (Å²) in [6.07, 6.45) is -0.0652. The number of carboxylic acid groups (broad SMARTS) is 1. The van der Waals surface area contributed by atoms with Gasteiger partial charge in [0, 0.05) is 10.0 Å². The molecule has 0 aliphatic carbocycles. The minimum absolute atomic E-state index is 0.0652. The minimum Gasteiger partial charge on any atom is -0.481 e. The zero-order valence-corrected chi connectivity index (χ0v) is 12.9. The highest BCUT2D eigenvalue weighted by Crippen LogP contribution is 2.33. The average Bonchev–Trinajstić information content (AvgIpc) is 2.34. The number of carbonyl (C=O) groups is 1. The lowest BCUT2D eigenvalue weighted by Gasteiger charge is -2.11. The van der Waals surface area contributed by atoms with E-state index < -0.39 is 5.97 Å². The second-order valence-corrected chi connectivity index (χ2v) is 5.63. The molecule has 2 aromatic rings. The van der Waals surface area contributed by atoms with Gasteiger partial charge in [-0.25, -0.2) is 0 Å². The highest BCUT2D eigenvalue weighted by atomic mass is 79.9. The van der Waals surface area contributed by atoms with Crippen LogP contribution in [0.2, 0.25) is 0 Å². The number of benzene rings is 2. The molecular formula is C14H10Br2O3. The predicted octanol–water partition coefficient (Wildman–Crippen LogP) is 4.63. The summed E-state index contributed by atoms with van der Waals surface area (Å²) in [5, 5.41) is 8.88. The molecule has 0 spiro atoms. The lowest BCUT2D eigenvalue weighted by molar-refractivity contribution is -0.136. The fourth-order valence-electron chi connectivity index (χ4n) is 1.59. The third-order valence-corrected chi connectivity index (χ3v) is 3.54. The largest absolute Gasteiger partial charge is 0.481 e. The van der Waals surface area contributed by atoms with E-state index in [0.29, 0.717) is 17.1 Å². The SMILES string of the molecule is O=C(O)Cc1ccccc1Oc1ccc(Br)cc1Br. The number of halogens is 2. The van der Waals surface area contributed by atoms with Gasteiger partial charge >= 0.3 is 5.97 Å². The van der Waals surface area contributed by atoms with E-state index in [1.165, 1.54) is 0 Å². The fourth-order valence-corrected chi connectivity index (χ4v) is 2.72. The van der Waals surface area contributed by atoms with Gasteiger partial charge in [-0.3, -0.25) is 4.79 Å². The van der Waals surface area contributed by atoms with E-state index in [0.717, 1.165) is 8.95 Å². The van der Waals surface area contributed by atoms with Crippen LogP contribution < -0.4 is 4.74 Å². The molecule has 0 heterocycles. The average molecular weight is 386 g/mol. The number of aliphatic carboxylic acids is 1. The Hall–Kier alpha value is -1.33. The van der Waals surface area contributed by atoms with Crippen molar-refractivity contribution in [1.82, 2.24) is 0 Å². The van der Waals surface area contributed by atoms with E-state index >= 15 is 0 Å². The van der Waals surface area contributed by atoms with Crippen LogP contribution in [0.25, 0.3) is 0 Å². The molecule has 0 saturated heterocycles. The molecule has 0 atom stereocenters. The molecule has 19 heavy (non-hydrogen) atoms. The van der Waals surface area contributed by atoms with Crippen LogP contribution in [0.3, 0.4) is 0 Å². The maximum atomic E-state index is 10.8.